The van der Waals surface area contributed by atoms with Crippen molar-refractivity contribution >= 4 is 18.0 Å². The maximum absolute atomic E-state index is 11.8. The van der Waals surface area contributed by atoms with Crippen molar-refractivity contribution in [1.82, 2.24) is 10.2 Å². The lowest BCUT2D eigenvalue weighted by Gasteiger charge is -2.27. The van der Waals surface area contributed by atoms with Crippen LogP contribution in [-0.4, -0.2) is 52.7 Å². The third kappa shape index (κ3) is 8.01. The van der Waals surface area contributed by atoms with Gasteiger partial charge in [0.15, 0.2) is 0 Å². The third-order valence-corrected chi connectivity index (χ3v) is 2.30. The Hall–Kier alpha value is -1.79. The Balaban J connectivity index is 4.46. The number of carboxylic acids is 2. The molecule has 0 aromatic heterocycles. The smallest absolute Gasteiger partial charge is 0.326 e. The first-order valence-electron chi connectivity index (χ1n) is 5.99. The zero-order valence-corrected chi connectivity index (χ0v) is 11.8. The van der Waals surface area contributed by atoms with Gasteiger partial charge in [0.05, 0.1) is 0 Å². The fourth-order valence-electron chi connectivity index (χ4n) is 1.57. The molecule has 19 heavy (non-hydrogen) atoms. The first-order valence-corrected chi connectivity index (χ1v) is 5.99. The van der Waals surface area contributed by atoms with Gasteiger partial charge in [-0.05, 0) is 11.8 Å². The van der Waals surface area contributed by atoms with Gasteiger partial charge in [-0.2, -0.15) is 0 Å². The van der Waals surface area contributed by atoms with E-state index in [9.17, 15) is 14.4 Å². The molecule has 0 aliphatic carbocycles. The summed E-state index contributed by atoms with van der Waals surface area (Å²) in [5.74, 6) is -2.33. The van der Waals surface area contributed by atoms with E-state index in [1.54, 1.807) is 7.05 Å². The molecule has 0 saturated carbocycles. The molecule has 0 aliphatic rings. The summed E-state index contributed by atoms with van der Waals surface area (Å²) >= 11 is 0. The highest BCUT2D eigenvalue weighted by atomic mass is 16.4. The fraction of sp³-hybridized carbons (Fsp3) is 0.750. The van der Waals surface area contributed by atoms with Crippen LogP contribution in [0.5, 0.6) is 0 Å². The second kappa shape index (κ2) is 6.96. The highest BCUT2D eigenvalue weighted by molar-refractivity contribution is 5.83. The molecule has 1 atom stereocenters. The number of carbonyl (C=O) groups excluding carboxylic acids is 1. The van der Waals surface area contributed by atoms with Crippen LogP contribution in [0.3, 0.4) is 0 Å². The summed E-state index contributed by atoms with van der Waals surface area (Å²) in [6.07, 6.45) is -0.444. The van der Waals surface area contributed by atoms with Crippen LogP contribution in [0, 0.1) is 5.41 Å². The van der Waals surface area contributed by atoms with Crippen molar-refractivity contribution in [3.8, 4) is 0 Å². The van der Waals surface area contributed by atoms with E-state index in [1.165, 1.54) is 4.90 Å². The molecule has 0 radical (unpaired) electrons. The predicted molar refractivity (Wildman–Crippen MR) is 68.9 cm³/mol. The number of carbonyl (C=O) groups is 3. The number of amides is 2. The number of hydrogen-bond acceptors (Lipinski definition) is 3. The van der Waals surface area contributed by atoms with Gasteiger partial charge in [-0.3, -0.25) is 4.79 Å². The Bertz CT molecular complexity index is 349. The van der Waals surface area contributed by atoms with E-state index >= 15 is 0 Å². The minimum Gasteiger partial charge on any atom is -0.481 e. The molecule has 2 amide bonds. The highest BCUT2D eigenvalue weighted by Crippen LogP contribution is 2.14. The van der Waals surface area contributed by atoms with Crippen LogP contribution in [0.15, 0.2) is 0 Å². The summed E-state index contributed by atoms with van der Waals surface area (Å²) in [4.78, 5) is 34.5. The van der Waals surface area contributed by atoms with Crippen molar-refractivity contribution in [2.75, 3.05) is 13.6 Å². The van der Waals surface area contributed by atoms with Gasteiger partial charge in [0, 0.05) is 20.0 Å². The van der Waals surface area contributed by atoms with E-state index in [0.717, 1.165) is 0 Å². The largest absolute Gasteiger partial charge is 0.481 e. The summed E-state index contributed by atoms with van der Waals surface area (Å²) in [6, 6.07) is -1.71. The summed E-state index contributed by atoms with van der Waals surface area (Å²) in [5.41, 5.74) is -0.105. The first-order chi connectivity index (χ1) is 8.53. The molecule has 0 unspecified atom stereocenters. The number of carboxylic acid groups (broad SMARTS) is 2. The Morgan fingerprint density at radius 1 is 1.21 bits per heavy atom. The summed E-state index contributed by atoms with van der Waals surface area (Å²) in [7, 11) is 1.57. The van der Waals surface area contributed by atoms with Crippen LogP contribution in [-0.2, 0) is 9.59 Å². The van der Waals surface area contributed by atoms with Crippen LogP contribution >= 0.6 is 0 Å². The van der Waals surface area contributed by atoms with Gasteiger partial charge >= 0.3 is 18.0 Å². The van der Waals surface area contributed by atoms with Crippen molar-refractivity contribution in [3.63, 3.8) is 0 Å². The number of nitrogens with one attached hydrogen (secondary N) is 1. The molecular formula is C12H22N2O5. The van der Waals surface area contributed by atoms with Gasteiger partial charge in [-0.25, -0.2) is 9.59 Å². The second-order valence-electron chi connectivity index (χ2n) is 5.69. The second-order valence-corrected chi connectivity index (χ2v) is 5.69. The maximum atomic E-state index is 11.8. The molecule has 0 rings (SSSR count). The molecule has 7 heteroatoms. The van der Waals surface area contributed by atoms with Gasteiger partial charge in [0.1, 0.15) is 6.04 Å². The van der Waals surface area contributed by atoms with E-state index < -0.39 is 24.0 Å². The topological polar surface area (TPSA) is 107 Å². The molecule has 3 N–H and O–H groups in total. The first kappa shape index (κ1) is 17.2. The summed E-state index contributed by atoms with van der Waals surface area (Å²) < 4.78 is 0. The van der Waals surface area contributed by atoms with Crippen LogP contribution < -0.4 is 5.32 Å². The van der Waals surface area contributed by atoms with E-state index in [2.05, 4.69) is 5.32 Å². The molecule has 0 aromatic rings. The molecule has 0 heterocycles. The van der Waals surface area contributed by atoms with E-state index in [0.29, 0.717) is 6.54 Å². The van der Waals surface area contributed by atoms with Gasteiger partial charge in [-0.1, -0.05) is 20.8 Å². The van der Waals surface area contributed by atoms with Gasteiger partial charge in [0.25, 0.3) is 0 Å². The number of nitrogens with zero attached hydrogens (tertiary/aromatic N) is 1. The van der Waals surface area contributed by atoms with Crippen molar-refractivity contribution in [1.29, 1.82) is 0 Å². The lowest BCUT2D eigenvalue weighted by Crippen LogP contribution is -2.48. The van der Waals surface area contributed by atoms with E-state index in [1.807, 2.05) is 20.8 Å². The minimum atomic E-state index is -1.24. The zero-order chi connectivity index (χ0) is 15.2. The van der Waals surface area contributed by atoms with Gasteiger partial charge in [-0.15, -0.1) is 0 Å². The standard InChI is InChI=1S/C12H22N2O5/c1-12(2,3)7-14(4)11(19)13-8(10(17)18)5-6-9(15)16/h8H,5-7H2,1-4H3,(H,13,19)(H,15,16)(H,17,18)/t8-/m0/s1. The van der Waals surface area contributed by atoms with Crippen molar-refractivity contribution in [2.45, 2.75) is 39.7 Å². The zero-order valence-electron chi connectivity index (χ0n) is 11.8. The van der Waals surface area contributed by atoms with Gasteiger partial charge < -0.3 is 20.4 Å². The Morgan fingerprint density at radius 2 is 1.74 bits per heavy atom. The fourth-order valence-corrected chi connectivity index (χ4v) is 1.57. The molecule has 0 spiro atoms. The van der Waals surface area contributed by atoms with Crippen molar-refractivity contribution in [3.05, 3.63) is 0 Å². The van der Waals surface area contributed by atoms with Crippen molar-refractivity contribution in [2.24, 2.45) is 5.41 Å². The average Bonchev–Trinajstić information content (AvgIpc) is 2.20. The molecule has 110 valence electrons. The Labute approximate surface area is 112 Å². The number of hydrogen-bond donors (Lipinski definition) is 3. The lowest BCUT2D eigenvalue weighted by molar-refractivity contribution is -0.140. The quantitative estimate of drug-likeness (QED) is 0.669. The van der Waals surface area contributed by atoms with Crippen LogP contribution in [0.4, 0.5) is 4.79 Å². The van der Waals surface area contributed by atoms with Gasteiger partial charge in [0.2, 0.25) is 0 Å². The minimum absolute atomic E-state index is 0.105. The number of aliphatic carboxylic acids is 2. The SMILES string of the molecule is CN(CC(C)(C)C)C(=O)N[C@@H](CCC(=O)O)C(=O)O. The van der Waals surface area contributed by atoms with E-state index in [4.69, 9.17) is 10.2 Å². The monoisotopic (exact) mass is 274 g/mol. The third-order valence-electron chi connectivity index (χ3n) is 2.30. The molecule has 0 fully saturated rings. The molecule has 0 aromatic carbocycles. The van der Waals surface area contributed by atoms with Crippen LogP contribution in [0.1, 0.15) is 33.6 Å². The average molecular weight is 274 g/mol. The van der Waals surface area contributed by atoms with E-state index in [-0.39, 0.29) is 18.3 Å². The number of urea groups is 1. The molecule has 0 aliphatic heterocycles. The summed E-state index contributed by atoms with van der Waals surface area (Å²) in [5, 5.41) is 19.8. The Kier molecular flexibility index (Phi) is 6.31. The molecular weight excluding hydrogens is 252 g/mol. The molecule has 0 bridgehead atoms. The number of rotatable bonds is 6. The maximum Gasteiger partial charge on any atom is 0.326 e. The summed E-state index contributed by atoms with van der Waals surface area (Å²) in [6.45, 7) is 6.33. The van der Waals surface area contributed by atoms with Crippen LogP contribution in [0.25, 0.3) is 0 Å². The predicted octanol–water partition coefficient (Wildman–Crippen LogP) is 0.992. The molecule has 0 saturated heterocycles. The van der Waals surface area contributed by atoms with Crippen LogP contribution in [0.2, 0.25) is 0 Å². The Morgan fingerprint density at radius 3 is 2.11 bits per heavy atom. The normalized spacial score (nSPS) is 12.6. The lowest BCUT2D eigenvalue weighted by atomic mass is 9.96. The highest BCUT2D eigenvalue weighted by Gasteiger charge is 2.24. The van der Waals surface area contributed by atoms with Crippen molar-refractivity contribution < 1.29 is 24.6 Å². The molecule has 7 nitrogen and oxygen atoms in total.